The van der Waals surface area contributed by atoms with Crippen LogP contribution in [0.4, 0.5) is 0 Å². The van der Waals surface area contributed by atoms with Crippen molar-refractivity contribution in [1.29, 1.82) is 0 Å². The SMILES string of the molecule is CCOC(=O)CC[Te+](C)C[C@]12CC[C@H](C[C@H]1O)C2(C)C.[Br-]. The molecule has 21 heavy (non-hydrogen) atoms. The first-order valence-electron chi connectivity index (χ1n) is 7.76. The van der Waals surface area contributed by atoms with E-state index >= 15 is 0 Å². The Kier molecular flexibility index (Phi) is 7.06. The smallest absolute Gasteiger partial charge is 1.00 e. The topological polar surface area (TPSA) is 46.5 Å². The fourth-order valence-electron chi connectivity index (χ4n) is 4.38. The number of fused-ring (bicyclic) bond motifs is 2. The number of ether oxygens (including phenoxy) is 1. The first-order valence-corrected chi connectivity index (χ1v) is 13.4. The van der Waals surface area contributed by atoms with Crippen molar-refractivity contribution in [3.63, 3.8) is 0 Å². The van der Waals surface area contributed by atoms with E-state index in [1.54, 1.807) is 0 Å². The van der Waals surface area contributed by atoms with Gasteiger partial charge in [-0.1, -0.05) is 0 Å². The zero-order valence-electron chi connectivity index (χ0n) is 13.7. The summed E-state index contributed by atoms with van der Waals surface area (Å²) < 4.78 is 7.27. The molecule has 0 aliphatic heterocycles. The molecule has 0 radical (unpaired) electrons. The number of esters is 1. The monoisotopic (exact) mass is 478 g/mol. The fraction of sp³-hybridized carbons (Fsp3) is 0.938. The van der Waals surface area contributed by atoms with Crippen LogP contribution in [0.1, 0.15) is 46.5 Å². The Hall–Kier alpha value is 0.700. The van der Waals surface area contributed by atoms with Gasteiger partial charge in [0.1, 0.15) is 0 Å². The molecule has 0 aromatic carbocycles. The average Bonchev–Trinajstić information content (AvgIpc) is 2.71. The maximum absolute atomic E-state index is 11.5. The number of carbonyl (C=O) groups excluding carboxylic acids is 1. The van der Waals surface area contributed by atoms with E-state index in [1.165, 1.54) is 17.3 Å². The molecule has 0 aromatic heterocycles. The summed E-state index contributed by atoms with van der Waals surface area (Å²) >= 11 is -1.30. The molecule has 3 nitrogen and oxygen atoms in total. The second-order valence-electron chi connectivity index (χ2n) is 7.05. The summed E-state index contributed by atoms with van der Waals surface area (Å²) in [6, 6.07) is 0. The summed E-state index contributed by atoms with van der Waals surface area (Å²) in [4.78, 5) is 13.9. The average molecular weight is 477 g/mol. The third-order valence-corrected chi connectivity index (χ3v) is 11.3. The number of hydrogen-bond acceptors (Lipinski definition) is 3. The Morgan fingerprint density at radius 2 is 2.10 bits per heavy atom. The van der Waals surface area contributed by atoms with Gasteiger partial charge in [0.25, 0.3) is 0 Å². The molecule has 2 aliphatic carbocycles. The largest absolute Gasteiger partial charge is 1.00 e. The van der Waals surface area contributed by atoms with Crippen LogP contribution in [0.5, 0.6) is 0 Å². The van der Waals surface area contributed by atoms with E-state index in [9.17, 15) is 9.90 Å². The normalized spacial score (nSPS) is 33.0. The summed E-state index contributed by atoms with van der Waals surface area (Å²) in [5.74, 6) is 0.655. The van der Waals surface area contributed by atoms with E-state index in [1.807, 2.05) is 6.92 Å². The van der Waals surface area contributed by atoms with Gasteiger partial charge < -0.3 is 17.0 Å². The molecule has 2 rings (SSSR count). The van der Waals surface area contributed by atoms with Crippen molar-refractivity contribution < 1.29 is 31.6 Å². The fourth-order valence-corrected chi connectivity index (χ4v) is 10.8. The predicted molar refractivity (Wildman–Crippen MR) is 82.0 cm³/mol. The number of hydrogen-bond donors (Lipinski definition) is 1. The Morgan fingerprint density at radius 1 is 1.43 bits per heavy atom. The van der Waals surface area contributed by atoms with Crippen LogP contribution in [-0.2, 0) is 9.53 Å². The molecule has 2 bridgehead atoms. The van der Waals surface area contributed by atoms with Gasteiger partial charge in [0.15, 0.2) is 0 Å². The van der Waals surface area contributed by atoms with E-state index in [4.69, 9.17) is 4.74 Å². The zero-order valence-corrected chi connectivity index (χ0v) is 17.6. The van der Waals surface area contributed by atoms with Crippen molar-refractivity contribution >= 4 is 25.5 Å². The van der Waals surface area contributed by atoms with Gasteiger partial charge in [-0.25, -0.2) is 0 Å². The van der Waals surface area contributed by atoms with E-state index in [2.05, 4.69) is 18.8 Å². The van der Waals surface area contributed by atoms with Crippen LogP contribution in [0.2, 0.25) is 13.9 Å². The van der Waals surface area contributed by atoms with Gasteiger partial charge in [0.2, 0.25) is 0 Å². The van der Waals surface area contributed by atoms with Crippen LogP contribution in [0.15, 0.2) is 0 Å². The minimum Gasteiger partial charge on any atom is -1.00 e. The summed E-state index contributed by atoms with van der Waals surface area (Å²) in [7, 11) is 0. The van der Waals surface area contributed by atoms with Crippen molar-refractivity contribution in [2.24, 2.45) is 16.7 Å². The second kappa shape index (κ2) is 7.51. The molecule has 2 aliphatic rings. The molecule has 2 fully saturated rings. The molecule has 3 atom stereocenters. The molecule has 5 heteroatoms. The Morgan fingerprint density at radius 3 is 2.57 bits per heavy atom. The molecule has 0 saturated heterocycles. The molecule has 1 N–H and O–H groups in total. The van der Waals surface area contributed by atoms with Crippen molar-refractivity contribution in [3.8, 4) is 0 Å². The minimum atomic E-state index is -1.30. The van der Waals surface area contributed by atoms with Crippen LogP contribution in [0.25, 0.3) is 0 Å². The van der Waals surface area contributed by atoms with Gasteiger partial charge in [0.05, 0.1) is 0 Å². The van der Waals surface area contributed by atoms with Gasteiger partial charge in [-0.15, -0.1) is 0 Å². The number of aliphatic hydroxyl groups excluding tert-OH is 1. The number of rotatable bonds is 6. The van der Waals surface area contributed by atoms with Gasteiger partial charge in [-0.3, -0.25) is 0 Å². The standard InChI is InChI=1S/C16H29O3Te.BrH/c1-5-19-14(18)7-9-20(4)11-16-8-6-12(10-13(16)17)15(16,2)3;/h12-13,17H,5-11H2,1-4H3;1H/q+1;/p-1/t12-,13-,16-;/m1./s1. The van der Waals surface area contributed by atoms with Crippen LogP contribution in [0.3, 0.4) is 0 Å². The van der Waals surface area contributed by atoms with Crippen LogP contribution < -0.4 is 17.0 Å². The van der Waals surface area contributed by atoms with Gasteiger partial charge in [-0.2, -0.15) is 0 Å². The molecular weight excluding hydrogens is 448 g/mol. The Labute approximate surface area is 146 Å². The Bertz CT molecular complexity index is 375. The van der Waals surface area contributed by atoms with Crippen molar-refractivity contribution in [1.82, 2.24) is 0 Å². The van der Waals surface area contributed by atoms with E-state index < -0.39 is 19.6 Å². The number of carbonyl (C=O) groups is 1. The van der Waals surface area contributed by atoms with Gasteiger partial charge >= 0.3 is 130 Å². The van der Waals surface area contributed by atoms with Crippen LogP contribution >= 0.6 is 0 Å². The van der Waals surface area contributed by atoms with Crippen molar-refractivity contribution in [2.75, 3.05) is 6.61 Å². The third kappa shape index (κ3) is 3.62. The summed E-state index contributed by atoms with van der Waals surface area (Å²) in [5, 5.41) is 10.6. The molecule has 124 valence electrons. The maximum Gasteiger partial charge on any atom is -1.00 e. The second-order valence-corrected chi connectivity index (χ2v) is 13.5. The first kappa shape index (κ1) is 19.7. The minimum absolute atomic E-state index is 0. The van der Waals surface area contributed by atoms with Gasteiger partial charge in [-0.05, 0) is 0 Å². The maximum atomic E-state index is 11.5. The van der Waals surface area contributed by atoms with E-state index in [0.717, 1.165) is 10.9 Å². The zero-order chi connectivity index (χ0) is 15.0. The quantitative estimate of drug-likeness (QED) is 0.442. The van der Waals surface area contributed by atoms with Crippen molar-refractivity contribution in [2.45, 2.75) is 66.5 Å². The molecule has 0 amide bonds. The molecular formula is C16H29BrO3Te. The van der Waals surface area contributed by atoms with Gasteiger partial charge in [0, 0.05) is 0 Å². The summed E-state index contributed by atoms with van der Waals surface area (Å²) in [6.45, 7) is 7.06. The van der Waals surface area contributed by atoms with Crippen LogP contribution in [-0.4, -0.2) is 43.3 Å². The summed E-state index contributed by atoms with van der Waals surface area (Å²) in [6.07, 6.45) is 3.95. The first-order chi connectivity index (χ1) is 9.33. The van der Waals surface area contributed by atoms with E-state index in [-0.39, 0.29) is 39.9 Å². The van der Waals surface area contributed by atoms with Crippen molar-refractivity contribution in [3.05, 3.63) is 0 Å². The predicted octanol–water partition coefficient (Wildman–Crippen LogP) is 0.255. The molecule has 0 unspecified atom stereocenters. The molecule has 2 saturated carbocycles. The number of halogens is 1. The number of aliphatic hydroxyl groups is 1. The van der Waals surface area contributed by atoms with Crippen LogP contribution in [0, 0.1) is 16.7 Å². The summed E-state index contributed by atoms with van der Waals surface area (Å²) in [5.41, 5.74) is 0.434. The Balaban J connectivity index is 0.00000220. The molecule has 0 spiro atoms. The molecule has 0 aromatic rings. The molecule has 0 heterocycles. The third-order valence-electron chi connectivity index (χ3n) is 5.85. The van der Waals surface area contributed by atoms with E-state index in [0.29, 0.717) is 18.9 Å².